The highest BCUT2D eigenvalue weighted by molar-refractivity contribution is 6.30. The van der Waals surface area contributed by atoms with Gasteiger partial charge in [0, 0.05) is 10.7 Å². The molecule has 1 saturated heterocycles. The highest BCUT2D eigenvalue weighted by Gasteiger charge is 2.54. The van der Waals surface area contributed by atoms with E-state index < -0.39 is 0 Å². The van der Waals surface area contributed by atoms with E-state index in [-0.39, 0.29) is 18.1 Å². The van der Waals surface area contributed by atoms with Crippen molar-refractivity contribution in [2.75, 3.05) is 11.5 Å². The lowest BCUT2D eigenvalue weighted by Crippen LogP contribution is -2.15. The molecular weight excluding hydrogens is 298 g/mol. The molecule has 0 aliphatic carbocycles. The van der Waals surface area contributed by atoms with Gasteiger partial charge in [-0.25, -0.2) is 4.79 Å². The summed E-state index contributed by atoms with van der Waals surface area (Å²) in [5.74, 6) is -0.178. The zero-order valence-electron chi connectivity index (χ0n) is 12.6. The second kappa shape index (κ2) is 6.01. The van der Waals surface area contributed by atoms with E-state index in [1.807, 2.05) is 31.2 Å². The lowest BCUT2D eigenvalue weighted by atomic mass is 10.1. The third-order valence-corrected chi connectivity index (χ3v) is 4.13. The predicted molar refractivity (Wildman–Crippen MR) is 88.3 cm³/mol. The Bertz CT molecular complexity index is 615. The number of hydrogen-bond donors (Lipinski definition) is 0. The van der Waals surface area contributed by atoms with Crippen LogP contribution in [0.4, 0.5) is 5.69 Å². The molecule has 0 radical (unpaired) electrons. The Morgan fingerprint density at radius 3 is 2.36 bits per heavy atom. The number of nitrogens with zero attached hydrogens (tertiary/aromatic N) is 1. The number of esters is 1. The van der Waals surface area contributed by atoms with Gasteiger partial charge in [0.05, 0.1) is 12.6 Å². The first-order chi connectivity index (χ1) is 10.6. The van der Waals surface area contributed by atoms with Crippen LogP contribution in [0.5, 0.6) is 0 Å². The van der Waals surface area contributed by atoms with Crippen LogP contribution in [0.1, 0.15) is 24.1 Å². The van der Waals surface area contributed by atoms with Crippen molar-refractivity contribution >= 4 is 23.3 Å². The standard InChI is InChI=1S/C18H18ClNO2/c1-3-22-18(21)17-16(13-6-4-12(2)5-7-13)20(17)15-10-8-14(19)9-11-15/h4-11,16-17H,3H2,1-2H3/t16-,17-,20?/m0/s1. The Kier molecular flexibility index (Phi) is 4.08. The molecule has 1 heterocycles. The third-order valence-electron chi connectivity index (χ3n) is 3.88. The second-order valence-electron chi connectivity index (χ2n) is 5.44. The van der Waals surface area contributed by atoms with E-state index in [1.165, 1.54) is 5.56 Å². The molecule has 0 spiro atoms. The Balaban J connectivity index is 1.90. The molecule has 22 heavy (non-hydrogen) atoms. The number of benzene rings is 2. The summed E-state index contributed by atoms with van der Waals surface area (Å²) in [7, 11) is 0. The Morgan fingerprint density at radius 1 is 1.14 bits per heavy atom. The lowest BCUT2D eigenvalue weighted by Gasteiger charge is -2.06. The Labute approximate surface area is 135 Å². The Morgan fingerprint density at radius 2 is 1.77 bits per heavy atom. The normalized spacial score (nSPS) is 19.9. The van der Waals surface area contributed by atoms with Crippen molar-refractivity contribution in [1.82, 2.24) is 0 Å². The number of halogens is 1. The van der Waals surface area contributed by atoms with Crippen molar-refractivity contribution in [2.24, 2.45) is 0 Å². The van der Waals surface area contributed by atoms with Crippen LogP contribution in [0.25, 0.3) is 0 Å². The van der Waals surface area contributed by atoms with Gasteiger partial charge in [0.25, 0.3) is 0 Å². The highest BCUT2D eigenvalue weighted by Crippen LogP contribution is 2.47. The summed E-state index contributed by atoms with van der Waals surface area (Å²) in [4.78, 5) is 14.3. The molecule has 3 rings (SSSR count). The van der Waals surface area contributed by atoms with E-state index in [0.29, 0.717) is 11.6 Å². The molecule has 2 aromatic carbocycles. The van der Waals surface area contributed by atoms with E-state index in [2.05, 4.69) is 36.1 Å². The molecule has 1 aliphatic rings. The molecule has 0 unspecified atom stereocenters. The van der Waals surface area contributed by atoms with Gasteiger partial charge >= 0.3 is 5.97 Å². The van der Waals surface area contributed by atoms with E-state index in [1.54, 1.807) is 0 Å². The molecule has 2 aromatic rings. The first kappa shape index (κ1) is 14.9. The van der Waals surface area contributed by atoms with E-state index in [0.717, 1.165) is 11.3 Å². The molecule has 0 aromatic heterocycles. The van der Waals surface area contributed by atoms with Crippen molar-refractivity contribution in [3.05, 3.63) is 64.7 Å². The van der Waals surface area contributed by atoms with E-state index in [9.17, 15) is 4.79 Å². The number of carbonyl (C=O) groups excluding carboxylic acids is 1. The summed E-state index contributed by atoms with van der Waals surface area (Å²) < 4.78 is 5.21. The van der Waals surface area contributed by atoms with Crippen LogP contribution in [0.15, 0.2) is 48.5 Å². The zero-order chi connectivity index (χ0) is 15.7. The van der Waals surface area contributed by atoms with Gasteiger partial charge in [0.15, 0.2) is 6.04 Å². The van der Waals surface area contributed by atoms with Crippen LogP contribution >= 0.6 is 11.6 Å². The number of rotatable bonds is 4. The third kappa shape index (κ3) is 2.81. The molecule has 114 valence electrons. The molecule has 1 aliphatic heterocycles. The number of ether oxygens (including phenoxy) is 1. The van der Waals surface area contributed by atoms with Crippen LogP contribution in [0.2, 0.25) is 5.02 Å². The Hall–Kier alpha value is -2.00. The smallest absolute Gasteiger partial charge is 0.331 e. The van der Waals surface area contributed by atoms with Crippen LogP contribution in [-0.4, -0.2) is 18.6 Å². The van der Waals surface area contributed by atoms with Gasteiger partial charge < -0.3 is 9.64 Å². The van der Waals surface area contributed by atoms with Crippen molar-refractivity contribution in [1.29, 1.82) is 0 Å². The molecule has 0 saturated carbocycles. The summed E-state index contributed by atoms with van der Waals surface area (Å²) in [6.07, 6.45) is 0. The number of aryl methyl sites for hydroxylation is 1. The van der Waals surface area contributed by atoms with Crippen molar-refractivity contribution < 1.29 is 9.53 Å². The summed E-state index contributed by atoms with van der Waals surface area (Å²) >= 11 is 5.95. The van der Waals surface area contributed by atoms with Gasteiger partial charge in [0.1, 0.15) is 0 Å². The minimum atomic E-state index is -0.260. The summed E-state index contributed by atoms with van der Waals surface area (Å²) in [5, 5.41) is 0.685. The fraction of sp³-hybridized carbons (Fsp3) is 0.278. The van der Waals surface area contributed by atoms with Crippen molar-refractivity contribution in [3.8, 4) is 0 Å². The monoisotopic (exact) mass is 315 g/mol. The van der Waals surface area contributed by atoms with E-state index >= 15 is 0 Å². The maximum atomic E-state index is 12.2. The molecule has 4 heteroatoms. The molecular formula is C18H18ClNO2. The van der Waals surface area contributed by atoms with Crippen LogP contribution in [0.3, 0.4) is 0 Å². The average molecular weight is 316 g/mol. The first-order valence-electron chi connectivity index (χ1n) is 7.39. The molecule has 0 bridgehead atoms. The van der Waals surface area contributed by atoms with Gasteiger partial charge in [-0.3, -0.25) is 0 Å². The van der Waals surface area contributed by atoms with Gasteiger partial charge in [-0.1, -0.05) is 41.4 Å². The average Bonchev–Trinajstić information content (AvgIpc) is 3.24. The number of hydrogen-bond acceptors (Lipinski definition) is 3. The fourth-order valence-corrected chi connectivity index (χ4v) is 2.87. The molecule has 0 amide bonds. The topological polar surface area (TPSA) is 29.3 Å². The minimum absolute atomic E-state index is 0.0285. The lowest BCUT2D eigenvalue weighted by molar-refractivity contribution is -0.142. The SMILES string of the molecule is CCOC(=O)[C@@H]1[C@H](c2ccc(C)cc2)N1c1ccc(Cl)cc1. The fourth-order valence-electron chi connectivity index (χ4n) is 2.74. The minimum Gasteiger partial charge on any atom is -0.464 e. The van der Waals surface area contributed by atoms with Gasteiger partial charge in [-0.15, -0.1) is 0 Å². The highest BCUT2D eigenvalue weighted by atomic mass is 35.5. The largest absolute Gasteiger partial charge is 0.464 e. The maximum Gasteiger partial charge on any atom is 0.331 e. The summed E-state index contributed by atoms with van der Waals surface area (Å²) in [5.41, 5.74) is 3.31. The van der Waals surface area contributed by atoms with E-state index in [4.69, 9.17) is 16.3 Å². The predicted octanol–water partition coefficient (Wildman–Crippen LogP) is 4.14. The van der Waals surface area contributed by atoms with Gasteiger partial charge in [-0.05, 0) is 43.7 Å². The number of anilines is 1. The van der Waals surface area contributed by atoms with Crippen molar-refractivity contribution in [2.45, 2.75) is 25.9 Å². The number of carbonyl (C=O) groups is 1. The summed E-state index contributed by atoms with van der Waals surface area (Å²) in [6, 6.07) is 15.6. The van der Waals surface area contributed by atoms with Gasteiger partial charge in [0.2, 0.25) is 0 Å². The zero-order valence-corrected chi connectivity index (χ0v) is 13.4. The van der Waals surface area contributed by atoms with Crippen LogP contribution in [0, 0.1) is 6.92 Å². The summed E-state index contributed by atoms with van der Waals surface area (Å²) in [6.45, 7) is 4.27. The molecule has 3 nitrogen and oxygen atoms in total. The maximum absolute atomic E-state index is 12.2. The quantitative estimate of drug-likeness (QED) is 0.627. The second-order valence-corrected chi connectivity index (χ2v) is 5.87. The van der Waals surface area contributed by atoms with Crippen LogP contribution < -0.4 is 4.90 Å². The molecule has 1 fully saturated rings. The van der Waals surface area contributed by atoms with Gasteiger partial charge in [-0.2, -0.15) is 0 Å². The van der Waals surface area contributed by atoms with Crippen molar-refractivity contribution in [3.63, 3.8) is 0 Å². The molecule has 2 atom stereocenters. The molecule has 0 N–H and O–H groups in total. The van der Waals surface area contributed by atoms with Crippen LogP contribution in [-0.2, 0) is 9.53 Å². The first-order valence-corrected chi connectivity index (χ1v) is 7.76.